The maximum absolute atomic E-state index is 13.1. The minimum atomic E-state index is -2.50. The summed E-state index contributed by atoms with van der Waals surface area (Å²) in [5, 5.41) is 349. The fraction of sp³-hybridized carbons (Fsp3) is 0.971. The number of hydrogen-bond donors (Lipinski definition) is 33. The summed E-state index contributed by atoms with van der Waals surface area (Å²) < 4.78 is 122. The van der Waals surface area contributed by atoms with Crippen molar-refractivity contribution in [1.29, 1.82) is 0 Å². The molecular weight excluding hydrogens is 1730 g/mol. The van der Waals surface area contributed by atoms with Crippen LogP contribution >= 0.6 is 0 Å². The van der Waals surface area contributed by atoms with E-state index in [9.17, 15) is 168 Å². The Morgan fingerprint density at radius 2 is 0.468 bits per heavy atom. The zero-order valence-corrected chi connectivity index (χ0v) is 67.4. The van der Waals surface area contributed by atoms with E-state index in [1.54, 1.807) is 0 Å². The molecule has 0 saturated carbocycles. The van der Waals surface area contributed by atoms with Gasteiger partial charge in [0, 0.05) is 13.8 Å². The van der Waals surface area contributed by atoms with Gasteiger partial charge in [0.1, 0.15) is 256 Å². The Morgan fingerprint density at radius 1 is 0.222 bits per heavy atom. The maximum atomic E-state index is 13.1. The Labute approximate surface area is 712 Å². The summed E-state index contributed by atoms with van der Waals surface area (Å²) in [6.07, 6.45) is -109. The van der Waals surface area contributed by atoms with E-state index in [4.69, 9.17) is 99.5 Å². The molecule has 0 aromatic heterocycles. The van der Waals surface area contributed by atoms with Crippen LogP contribution in [0.25, 0.3) is 0 Å². The summed E-state index contributed by atoms with van der Waals surface area (Å²) in [6, 6.07) is -3.72. The fourth-order valence-electron chi connectivity index (χ4n) is 16.5. The van der Waals surface area contributed by atoms with Crippen LogP contribution in [0.1, 0.15) is 27.7 Å². The van der Waals surface area contributed by atoms with Crippen LogP contribution in [-0.2, 0) is 109 Å². The second-order valence-corrected chi connectivity index (χ2v) is 32.3. The third-order valence-electron chi connectivity index (χ3n) is 23.7. The van der Waals surface area contributed by atoms with E-state index in [0.29, 0.717) is 0 Å². The lowest BCUT2D eigenvalue weighted by Gasteiger charge is -2.50. The normalized spacial score (nSPS) is 52.3. The van der Waals surface area contributed by atoms with Crippen molar-refractivity contribution in [2.45, 2.75) is 365 Å². The predicted molar refractivity (Wildman–Crippen MR) is 383 cm³/mol. The van der Waals surface area contributed by atoms with Crippen molar-refractivity contribution in [1.82, 2.24) is 10.6 Å². The summed E-state index contributed by atoms with van der Waals surface area (Å²) in [5.74, 6) is -1.85. The first-order valence-electron chi connectivity index (χ1n) is 40.4. The third kappa shape index (κ3) is 21.9. The lowest BCUT2D eigenvalue weighted by atomic mass is 9.94. The van der Waals surface area contributed by atoms with E-state index in [1.165, 1.54) is 13.8 Å². The van der Waals surface area contributed by atoms with Crippen molar-refractivity contribution < 1.29 is 267 Å². The molecule has 2 amide bonds. The van der Waals surface area contributed by atoms with E-state index < -0.39 is 409 Å². The number of aliphatic hydroxyl groups is 31. The topological polar surface area (TPSA) is 879 Å². The van der Waals surface area contributed by atoms with Crippen molar-refractivity contribution >= 4 is 11.8 Å². The first kappa shape index (κ1) is 103. The number of carbonyl (C=O) groups is 2. The summed E-state index contributed by atoms with van der Waals surface area (Å²) in [7, 11) is 0. The molecule has 732 valence electrons. The lowest BCUT2D eigenvalue weighted by molar-refractivity contribution is -0.401. The van der Waals surface area contributed by atoms with Crippen molar-refractivity contribution in [3.8, 4) is 0 Å². The smallest absolute Gasteiger partial charge is 0.217 e. The van der Waals surface area contributed by atoms with Crippen LogP contribution in [0.15, 0.2) is 0 Å². The highest BCUT2D eigenvalue weighted by molar-refractivity contribution is 5.73. The quantitative estimate of drug-likeness (QED) is 0.0306. The number of ether oxygens (including phenoxy) is 21. The van der Waals surface area contributed by atoms with E-state index in [0.717, 1.165) is 13.8 Å². The van der Waals surface area contributed by atoms with Crippen molar-refractivity contribution in [3.63, 3.8) is 0 Å². The monoisotopic (exact) mass is 1850 g/mol. The van der Waals surface area contributed by atoms with Gasteiger partial charge >= 0.3 is 0 Å². The van der Waals surface area contributed by atoms with E-state index in [-0.39, 0.29) is 0 Å². The zero-order valence-electron chi connectivity index (χ0n) is 67.4. The van der Waals surface area contributed by atoms with Crippen LogP contribution in [0.4, 0.5) is 0 Å². The van der Waals surface area contributed by atoms with Crippen LogP contribution < -0.4 is 10.6 Å². The van der Waals surface area contributed by atoms with Crippen molar-refractivity contribution in [3.05, 3.63) is 0 Å². The Kier molecular flexibility index (Phi) is 36.6. The number of hydrogen-bond acceptors (Lipinski definition) is 54. The minimum absolute atomic E-state index is 0.884. The Hall–Kier alpha value is -3.14. The summed E-state index contributed by atoms with van der Waals surface area (Å²) in [4.78, 5) is 25.6. The molecule has 1 unspecified atom stereocenters. The molecule has 11 heterocycles. The van der Waals surface area contributed by atoms with Gasteiger partial charge in [0.2, 0.25) is 11.8 Å². The van der Waals surface area contributed by atoms with Gasteiger partial charge in [-0.05, 0) is 13.8 Å². The summed E-state index contributed by atoms with van der Waals surface area (Å²) in [5.41, 5.74) is 0. The number of aliphatic hydroxyl groups excluding tert-OH is 31. The van der Waals surface area contributed by atoms with Gasteiger partial charge in [0.25, 0.3) is 0 Å². The molecule has 11 aliphatic rings. The molecule has 0 bridgehead atoms. The second-order valence-electron chi connectivity index (χ2n) is 32.3. The van der Waals surface area contributed by atoms with Crippen LogP contribution in [0.2, 0.25) is 0 Å². The van der Waals surface area contributed by atoms with E-state index >= 15 is 0 Å². The van der Waals surface area contributed by atoms with Gasteiger partial charge in [-0.25, -0.2) is 0 Å². The van der Waals surface area contributed by atoms with Crippen LogP contribution in [0.5, 0.6) is 0 Å². The number of amides is 2. The van der Waals surface area contributed by atoms with E-state index in [1.807, 2.05) is 0 Å². The second kappa shape index (κ2) is 44.6. The average molecular weight is 1850 g/mol. The number of nitrogens with one attached hydrogen (secondary N) is 2. The number of rotatable bonds is 31. The summed E-state index contributed by atoms with van der Waals surface area (Å²) >= 11 is 0. The highest BCUT2D eigenvalue weighted by atomic mass is 16.8. The first-order valence-corrected chi connectivity index (χ1v) is 40.4. The largest absolute Gasteiger partial charge is 0.394 e. The highest BCUT2D eigenvalue weighted by Crippen LogP contribution is 2.42. The molecule has 126 heavy (non-hydrogen) atoms. The van der Waals surface area contributed by atoms with Crippen LogP contribution in [0.3, 0.4) is 0 Å². The molecule has 0 radical (unpaired) electrons. The third-order valence-corrected chi connectivity index (χ3v) is 23.7. The van der Waals surface area contributed by atoms with Gasteiger partial charge in [-0.2, -0.15) is 0 Å². The molecule has 55 atom stereocenters. The highest BCUT2D eigenvalue weighted by Gasteiger charge is 2.62. The van der Waals surface area contributed by atoms with Crippen LogP contribution in [-0.4, -0.2) is 567 Å². The molecule has 0 aromatic carbocycles. The van der Waals surface area contributed by atoms with Crippen molar-refractivity contribution in [2.24, 2.45) is 0 Å². The van der Waals surface area contributed by atoms with Crippen molar-refractivity contribution in [2.75, 3.05) is 59.5 Å². The molecule has 11 aliphatic heterocycles. The van der Waals surface area contributed by atoms with E-state index in [2.05, 4.69) is 10.6 Å². The van der Waals surface area contributed by atoms with Gasteiger partial charge in [-0.15, -0.1) is 0 Å². The minimum Gasteiger partial charge on any atom is -0.394 e. The molecule has 11 fully saturated rings. The van der Waals surface area contributed by atoms with Gasteiger partial charge in [0.05, 0.1) is 71.7 Å². The molecule has 33 N–H and O–H groups in total. The molecule has 56 heteroatoms. The average Bonchev–Trinajstić information content (AvgIpc) is 0.773. The van der Waals surface area contributed by atoms with Crippen LogP contribution in [0, 0.1) is 0 Å². The standard InChI is InChI=1S/C70H118N2O54/c1-14-29(83)38(92)44(98)62(107-14)125-58-40(94)31(85)18(5-73)112-69(58)123-55-34(88)21(8-76)110-66(48(55)102)119-52-24(11-79)115-64(46(100)42(52)96)118-51-23(10-78)114-61(27(37(51)91)71-16(3)81)106-13-26-36(90)57(50(104)68(117-26)121-54-28(72-17(4)82)60(105)109-20(7-75)33(54)87)122-65-47(101)43(97)53(25(12-80)116-65)120-67-49(103)56(35(89)22(9-77)111-67)124-70-59(41(95)32(86)19(6-74)113-70)126-63-45(99)39(93)30(84)15(2)108-63/h14-15,18-70,73-80,83-105H,5-13H2,1-4H3,(H,71,81)(H,72,82)/t14-,15-,18+,19+,20+,21+,22+,23+,24+,25+,26+,27+,28+,29+,30+,31-,32-,33-,34-,35-,36-,37+,38+,39+,40-,41-,42+,43+,44-,45-,46+,47+,48+,49+,50+,51+,52-,53-,54+,55-,56-,57-,58+,59+,60?,61+,62-,63-,64-,65-,66+,67+,68-,69+,70+/m0/s1. The predicted octanol–water partition coefficient (Wildman–Crippen LogP) is -22.6. The molecular formula is C70H118N2O54. The Morgan fingerprint density at radius 3 is 0.841 bits per heavy atom. The molecule has 56 nitrogen and oxygen atoms in total. The molecule has 0 aromatic rings. The zero-order chi connectivity index (χ0) is 92.5. The molecule has 11 rings (SSSR count). The lowest BCUT2D eigenvalue weighted by Crippen LogP contribution is -2.69. The maximum Gasteiger partial charge on any atom is 0.217 e. The van der Waals surface area contributed by atoms with Gasteiger partial charge in [-0.1, -0.05) is 0 Å². The molecule has 0 spiro atoms. The molecule has 11 saturated heterocycles. The summed E-state index contributed by atoms with van der Waals surface area (Å²) in [6.45, 7) is -5.58. The first-order chi connectivity index (χ1) is 59.6. The number of carbonyl (C=O) groups excluding carboxylic acids is 2. The van der Waals surface area contributed by atoms with Gasteiger partial charge in [0.15, 0.2) is 69.2 Å². The Balaban J connectivity index is 0.789. The van der Waals surface area contributed by atoms with Gasteiger partial charge in [-0.3, -0.25) is 9.59 Å². The fourth-order valence-corrected chi connectivity index (χ4v) is 16.5. The molecule has 0 aliphatic carbocycles. The van der Waals surface area contributed by atoms with Gasteiger partial charge < -0.3 is 268 Å². The Bertz CT molecular complexity index is 3350. The SMILES string of the molecule is CC(=O)N[C@H]1[C@H](OC[C@H]2O[C@@H](O[C@H]3[C@@H](O)[C@@H](CO)OC(O)[C@@H]3NC(C)=O)[C@H](O)[C@@H](O[C@@H]3O[C@H](CO)[C@H](O[C@H]4O[C@H](CO)[C@H](O)[C@H](O[C@H]5O[C@H](CO)[C@H](O)[C@H](O)[C@H]5O[C@@H]5O[C@@H](C)[C@@H](O)[C@@H](O)[C@@H]5O)[C@H]4O)[C@H](O)[C@H]3O)[C@H]2O)O[C@H](CO)[C@@H](O[C@@H]2O[C@H](CO)[C@H](O[C@H]3O[C@H](CO)[C@H](O)[C@H](O[C@H]4O[C@H](CO)[C@H](O)[C@H](O)[C@H]4O[C@@H]4O[C@@H](C)[C@@H](O)[C@@H](O)[C@@H]4O)[C@H]3O)[C@H](O)[C@H]2O)[C@@H]1O.